The standard InChI is InChI=1S/C11H15N3O4S2/c1-5(15)13-2-3-19-6-4-20-10-7(12)9(16)14(10)8(6)11(17)18/h7,10H,2-4,12H2,1H3,(H,13,15)(H,17,18)/t7-,10+/m1/s1. The highest BCUT2D eigenvalue weighted by atomic mass is 32.2. The molecule has 7 nitrogen and oxygen atoms in total. The molecular weight excluding hydrogens is 302 g/mol. The number of aliphatic carboxylic acids is 1. The van der Waals surface area contributed by atoms with Crippen molar-refractivity contribution in [1.82, 2.24) is 10.2 Å². The van der Waals surface area contributed by atoms with E-state index in [1.807, 2.05) is 0 Å². The Labute approximate surface area is 124 Å². The Morgan fingerprint density at radius 3 is 2.90 bits per heavy atom. The number of rotatable bonds is 5. The molecule has 0 saturated carbocycles. The van der Waals surface area contributed by atoms with E-state index in [1.165, 1.54) is 35.3 Å². The summed E-state index contributed by atoms with van der Waals surface area (Å²) in [6, 6.07) is -0.611. The summed E-state index contributed by atoms with van der Waals surface area (Å²) in [5.41, 5.74) is 5.69. The Hall–Kier alpha value is -1.19. The maximum atomic E-state index is 11.7. The smallest absolute Gasteiger partial charge is 0.353 e. The number of fused-ring (bicyclic) bond motifs is 1. The molecule has 1 saturated heterocycles. The van der Waals surface area contributed by atoms with E-state index < -0.39 is 12.0 Å². The fourth-order valence-electron chi connectivity index (χ4n) is 2.00. The average Bonchev–Trinajstić information content (AvgIpc) is 2.41. The normalized spacial score (nSPS) is 25.1. The molecular formula is C11H15N3O4S2. The number of β-lactam (4-membered cyclic amide) rings is 1. The third kappa shape index (κ3) is 2.79. The Kier molecular flexibility index (Phi) is 4.61. The van der Waals surface area contributed by atoms with Crippen LogP contribution in [0.2, 0.25) is 0 Å². The Bertz CT molecular complexity index is 494. The second kappa shape index (κ2) is 6.06. The lowest BCUT2D eigenvalue weighted by Crippen LogP contribution is -2.68. The summed E-state index contributed by atoms with van der Waals surface area (Å²) in [4.78, 5) is 35.7. The van der Waals surface area contributed by atoms with Crippen LogP contribution in [0.5, 0.6) is 0 Å². The number of thioether (sulfide) groups is 2. The second-order valence-corrected chi connectivity index (χ2v) is 6.64. The number of carboxylic acid groups (broad SMARTS) is 1. The van der Waals surface area contributed by atoms with Gasteiger partial charge >= 0.3 is 5.97 Å². The van der Waals surface area contributed by atoms with Crippen molar-refractivity contribution in [1.29, 1.82) is 0 Å². The average molecular weight is 317 g/mol. The van der Waals surface area contributed by atoms with E-state index in [-0.39, 0.29) is 22.9 Å². The van der Waals surface area contributed by atoms with Crippen molar-refractivity contribution >= 4 is 41.3 Å². The zero-order chi connectivity index (χ0) is 14.9. The third-order valence-electron chi connectivity index (χ3n) is 2.93. The van der Waals surface area contributed by atoms with Crippen molar-refractivity contribution in [3.05, 3.63) is 10.6 Å². The number of carbonyl (C=O) groups is 3. The number of carbonyl (C=O) groups excluding carboxylic acids is 2. The van der Waals surface area contributed by atoms with Gasteiger partial charge in [0.2, 0.25) is 11.8 Å². The van der Waals surface area contributed by atoms with Crippen molar-refractivity contribution in [2.45, 2.75) is 18.3 Å². The lowest BCUT2D eigenvalue weighted by Gasteiger charge is -2.47. The van der Waals surface area contributed by atoms with Gasteiger partial charge in [-0.05, 0) is 0 Å². The Balaban J connectivity index is 2.06. The molecule has 2 aliphatic rings. The highest BCUT2D eigenvalue weighted by Gasteiger charge is 2.51. The summed E-state index contributed by atoms with van der Waals surface area (Å²) in [7, 11) is 0. The van der Waals surface area contributed by atoms with Crippen LogP contribution in [-0.4, -0.2) is 57.3 Å². The summed E-state index contributed by atoms with van der Waals surface area (Å²) >= 11 is 2.82. The van der Waals surface area contributed by atoms with Gasteiger partial charge in [-0.2, -0.15) is 0 Å². The highest BCUT2D eigenvalue weighted by Crippen LogP contribution is 2.42. The second-order valence-electron chi connectivity index (χ2n) is 4.34. The molecule has 4 N–H and O–H groups in total. The number of nitrogens with two attached hydrogens (primary N) is 1. The summed E-state index contributed by atoms with van der Waals surface area (Å²) in [6.07, 6.45) is 0. The molecule has 110 valence electrons. The Morgan fingerprint density at radius 2 is 2.30 bits per heavy atom. The number of nitrogens with zero attached hydrogens (tertiary/aromatic N) is 1. The molecule has 0 spiro atoms. The zero-order valence-electron chi connectivity index (χ0n) is 10.8. The van der Waals surface area contributed by atoms with E-state index in [1.54, 1.807) is 0 Å². The minimum absolute atomic E-state index is 0.0354. The van der Waals surface area contributed by atoms with Gasteiger partial charge in [0.25, 0.3) is 0 Å². The molecule has 9 heteroatoms. The largest absolute Gasteiger partial charge is 0.477 e. The number of nitrogens with one attached hydrogen (secondary N) is 1. The molecule has 2 atom stereocenters. The van der Waals surface area contributed by atoms with Crippen molar-refractivity contribution < 1.29 is 19.5 Å². The van der Waals surface area contributed by atoms with Crippen LogP contribution in [0.25, 0.3) is 0 Å². The van der Waals surface area contributed by atoms with Crippen LogP contribution in [-0.2, 0) is 14.4 Å². The highest BCUT2D eigenvalue weighted by molar-refractivity contribution is 8.06. The molecule has 2 aliphatic heterocycles. The van der Waals surface area contributed by atoms with Crippen LogP contribution < -0.4 is 11.1 Å². The van der Waals surface area contributed by atoms with Crippen molar-refractivity contribution in [3.63, 3.8) is 0 Å². The van der Waals surface area contributed by atoms with Gasteiger partial charge in [-0.25, -0.2) is 4.79 Å². The molecule has 2 amide bonds. The van der Waals surface area contributed by atoms with Gasteiger partial charge < -0.3 is 16.2 Å². The summed E-state index contributed by atoms with van der Waals surface area (Å²) < 4.78 is 0. The van der Waals surface area contributed by atoms with E-state index in [9.17, 15) is 19.5 Å². The minimum Gasteiger partial charge on any atom is -0.477 e. The topological polar surface area (TPSA) is 113 Å². The molecule has 2 heterocycles. The van der Waals surface area contributed by atoms with Gasteiger partial charge in [0.1, 0.15) is 17.1 Å². The fourth-order valence-corrected chi connectivity index (χ4v) is 4.45. The summed E-state index contributed by atoms with van der Waals surface area (Å²) in [5, 5.41) is 11.7. The SMILES string of the molecule is CC(=O)NCCSC1=C(C(=O)O)N2C(=O)[C@@H](N)[C@@H]2SC1. The van der Waals surface area contributed by atoms with Crippen LogP contribution in [0.3, 0.4) is 0 Å². The fraction of sp³-hybridized carbons (Fsp3) is 0.545. The molecule has 0 bridgehead atoms. The maximum absolute atomic E-state index is 11.7. The van der Waals surface area contributed by atoms with Gasteiger partial charge in [0.05, 0.1) is 0 Å². The van der Waals surface area contributed by atoms with Crippen LogP contribution in [0.1, 0.15) is 6.92 Å². The van der Waals surface area contributed by atoms with E-state index in [4.69, 9.17) is 5.73 Å². The van der Waals surface area contributed by atoms with Gasteiger partial charge in [0, 0.05) is 29.9 Å². The van der Waals surface area contributed by atoms with E-state index >= 15 is 0 Å². The van der Waals surface area contributed by atoms with Crippen molar-refractivity contribution in [2.24, 2.45) is 5.73 Å². The lowest BCUT2D eigenvalue weighted by atomic mass is 10.1. The lowest BCUT2D eigenvalue weighted by molar-refractivity contribution is -0.147. The van der Waals surface area contributed by atoms with Crippen molar-refractivity contribution in [3.8, 4) is 0 Å². The molecule has 0 aromatic carbocycles. The first-order chi connectivity index (χ1) is 9.43. The quantitative estimate of drug-likeness (QED) is 0.458. The summed E-state index contributed by atoms with van der Waals surface area (Å²) in [5.74, 6) is -0.503. The van der Waals surface area contributed by atoms with Gasteiger partial charge in [0.15, 0.2) is 0 Å². The van der Waals surface area contributed by atoms with Gasteiger partial charge in [-0.15, -0.1) is 23.5 Å². The number of amides is 2. The minimum atomic E-state index is -1.11. The number of hydrogen-bond acceptors (Lipinski definition) is 6. The maximum Gasteiger partial charge on any atom is 0.353 e. The molecule has 2 rings (SSSR count). The predicted molar refractivity (Wildman–Crippen MR) is 76.9 cm³/mol. The van der Waals surface area contributed by atoms with E-state index in [0.717, 1.165) is 0 Å². The number of hydrogen-bond donors (Lipinski definition) is 3. The first-order valence-corrected chi connectivity index (χ1v) is 8.01. The molecule has 0 radical (unpaired) electrons. The van der Waals surface area contributed by atoms with Crippen LogP contribution in [0, 0.1) is 0 Å². The van der Waals surface area contributed by atoms with E-state index in [2.05, 4.69) is 5.32 Å². The van der Waals surface area contributed by atoms with E-state index in [0.29, 0.717) is 23.0 Å². The van der Waals surface area contributed by atoms with Crippen LogP contribution in [0.4, 0.5) is 0 Å². The third-order valence-corrected chi connectivity index (χ3v) is 5.51. The predicted octanol–water partition coefficient (Wildman–Crippen LogP) is -0.606. The Morgan fingerprint density at radius 1 is 1.60 bits per heavy atom. The molecule has 0 aliphatic carbocycles. The monoisotopic (exact) mass is 317 g/mol. The van der Waals surface area contributed by atoms with Crippen LogP contribution >= 0.6 is 23.5 Å². The molecule has 0 aromatic rings. The zero-order valence-corrected chi connectivity index (χ0v) is 12.4. The van der Waals surface area contributed by atoms with Gasteiger partial charge in [-0.1, -0.05) is 0 Å². The number of carboxylic acids is 1. The van der Waals surface area contributed by atoms with Crippen LogP contribution in [0.15, 0.2) is 10.6 Å². The molecule has 1 fully saturated rings. The molecule has 0 aromatic heterocycles. The van der Waals surface area contributed by atoms with Crippen molar-refractivity contribution in [2.75, 3.05) is 18.1 Å². The molecule has 20 heavy (non-hydrogen) atoms. The first-order valence-electron chi connectivity index (χ1n) is 5.97. The van der Waals surface area contributed by atoms with Gasteiger partial charge in [-0.3, -0.25) is 14.5 Å². The first kappa shape index (κ1) is 15.2. The molecule has 0 unspecified atom stereocenters. The summed E-state index contributed by atoms with van der Waals surface area (Å²) in [6.45, 7) is 1.88.